The first-order valence-corrected chi connectivity index (χ1v) is 8.99. The lowest BCUT2D eigenvalue weighted by atomic mass is 9.98. The van der Waals surface area contributed by atoms with Gasteiger partial charge in [-0.2, -0.15) is 0 Å². The van der Waals surface area contributed by atoms with Gasteiger partial charge in [0, 0.05) is 23.7 Å². The molecule has 2 aromatic carbocycles. The number of aromatic amines is 1. The van der Waals surface area contributed by atoms with Gasteiger partial charge in [-0.15, -0.1) is 0 Å². The Hall–Kier alpha value is -3.78. The van der Waals surface area contributed by atoms with E-state index < -0.39 is 6.09 Å². The van der Waals surface area contributed by atoms with Crippen molar-refractivity contribution in [3.05, 3.63) is 93.9 Å². The number of hydrogen-bond acceptors (Lipinski definition) is 3. The Balaban J connectivity index is 1.35. The number of H-pyrrole nitrogens is 1. The molecule has 0 radical (unpaired) electrons. The molecule has 0 bridgehead atoms. The van der Waals surface area contributed by atoms with Gasteiger partial charge < -0.3 is 15.0 Å². The van der Waals surface area contributed by atoms with Crippen molar-refractivity contribution in [1.29, 1.82) is 0 Å². The second kappa shape index (κ2) is 7.85. The summed E-state index contributed by atoms with van der Waals surface area (Å²) in [5, 5.41) is 2.63. The Morgan fingerprint density at radius 2 is 1.68 bits per heavy atom. The lowest BCUT2D eigenvalue weighted by Gasteiger charge is -2.14. The molecule has 5 heteroatoms. The third kappa shape index (κ3) is 3.67. The maximum atomic E-state index is 12.0. The van der Waals surface area contributed by atoms with Gasteiger partial charge in [0.2, 0.25) is 5.56 Å². The molecule has 0 atom stereocenters. The number of rotatable bonds is 3. The quantitative estimate of drug-likeness (QED) is 0.695. The monoisotopic (exact) mass is 370 g/mol. The standard InChI is InChI=1S/C23H18N2O3/c26-22-12-11-16(14-25-22)6-5-13-24-23(27)28-15-21-19-9-3-1-7-17(19)18-8-2-4-10-20(18)21/h1-4,7-12,14,21H,13,15H2,(H,24,27)(H,25,26). The van der Waals surface area contributed by atoms with Crippen molar-refractivity contribution in [2.24, 2.45) is 0 Å². The average molecular weight is 370 g/mol. The zero-order chi connectivity index (χ0) is 19.3. The lowest BCUT2D eigenvalue weighted by Crippen LogP contribution is -2.26. The highest BCUT2D eigenvalue weighted by atomic mass is 16.5. The molecule has 1 aliphatic rings. The Labute approximate surface area is 162 Å². The van der Waals surface area contributed by atoms with Crippen LogP contribution in [0.2, 0.25) is 0 Å². The van der Waals surface area contributed by atoms with Crippen LogP contribution in [0, 0.1) is 11.8 Å². The molecule has 2 N–H and O–H groups in total. The molecule has 0 unspecified atom stereocenters. The van der Waals surface area contributed by atoms with E-state index >= 15 is 0 Å². The normalized spacial score (nSPS) is 11.7. The highest BCUT2D eigenvalue weighted by molar-refractivity contribution is 5.79. The predicted octanol–water partition coefficient (Wildman–Crippen LogP) is 3.27. The van der Waals surface area contributed by atoms with E-state index in [9.17, 15) is 9.59 Å². The van der Waals surface area contributed by atoms with E-state index in [1.54, 1.807) is 6.07 Å². The van der Waals surface area contributed by atoms with Crippen LogP contribution in [0.25, 0.3) is 11.1 Å². The van der Waals surface area contributed by atoms with E-state index in [1.165, 1.54) is 34.5 Å². The fourth-order valence-electron chi connectivity index (χ4n) is 3.40. The summed E-state index contributed by atoms with van der Waals surface area (Å²) in [6.07, 6.45) is 1.03. The first-order valence-electron chi connectivity index (χ1n) is 8.99. The number of aromatic nitrogens is 1. The molecule has 0 aliphatic heterocycles. The third-order valence-electron chi connectivity index (χ3n) is 4.68. The van der Waals surface area contributed by atoms with Gasteiger partial charge in [0.15, 0.2) is 0 Å². The van der Waals surface area contributed by atoms with Gasteiger partial charge in [-0.3, -0.25) is 4.79 Å². The summed E-state index contributed by atoms with van der Waals surface area (Å²) in [6.45, 7) is 0.434. The van der Waals surface area contributed by atoms with Crippen molar-refractivity contribution in [3.63, 3.8) is 0 Å². The zero-order valence-corrected chi connectivity index (χ0v) is 15.1. The Kier molecular flexibility index (Phi) is 4.94. The lowest BCUT2D eigenvalue weighted by molar-refractivity contribution is 0.144. The number of benzene rings is 2. The summed E-state index contributed by atoms with van der Waals surface area (Å²) in [6, 6.07) is 19.4. The number of alkyl carbamates (subject to hydrolysis) is 1. The minimum atomic E-state index is -0.502. The highest BCUT2D eigenvalue weighted by Crippen LogP contribution is 2.44. The van der Waals surface area contributed by atoms with Crippen molar-refractivity contribution in [3.8, 4) is 23.0 Å². The van der Waals surface area contributed by atoms with Crippen molar-refractivity contribution in [1.82, 2.24) is 10.3 Å². The molecule has 1 heterocycles. The van der Waals surface area contributed by atoms with Crippen LogP contribution in [-0.2, 0) is 4.74 Å². The summed E-state index contributed by atoms with van der Waals surface area (Å²) < 4.78 is 5.44. The molecule has 0 fully saturated rings. The number of ether oxygens (including phenoxy) is 1. The summed E-state index contributed by atoms with van der Waals surface area (Å²) in [7, 11) is 0. The second-order valence-corrected chi connectivity index (χ2v) is 6.42. The number of nitrogens with one attached hydrogen (secondary N) is 2. The molecule has 138 valence electrons. The van der Waals surface area contributed by atoms with Crippen molar-refractivity contribution >= 4 is 6.09 Å². The fourth-order valence-corrected chi connectivity index (χ4v) is 3.40. The van der Waals surface area contributed by atoms with Gasteiger partial charge in [0.1, 0.15) is 6.61 Å². The minimum Gasteiger partial charge on any atom is -0.449 e. The molecule has 0 saturated heterocycles. The van der Waals surface area contributed by atoms with Gasteiger partial charge in [-0.25, -0.2) is 4.79 Å². The van der Waals surface area contributed by atoms with E-state index in [4.69, 9.17) is 4.74 Å². The summed E-state index contributed by atoms with van der Waals surface area (Å²) in [4.78, 5) is 25.6. The van der Waals surface area contributed by atoms with E-state index in [0.717, 1.165) is 0 Å². The topological polar surface area (TPSA) is 71.2 Å². The van der Waals surface area contributed by atoms with E-state index in [-0.39, 0.29) is 24.6 Å². The Morgan fingerprint density at radius 1 is 1.00 bits per heavy atom. The van der Waals surface area contributed by atoms with E-state index in [1.807, 2.05) is 24.3 Å². The van der Waals surface area contributed by atoms with Crippen molar-refractivity contribution in [2.45, 2.75) is 5.92 Å². The maximum Gasteiger partial charge on any atom is 0.407 e. The molecule has 1 aromatic heterocycles. The Bertz CT molecular complexity index is 1070. The zero-order valence-electron chi connectivity index (χ0n) is 15.1. The van der Waals surface area contributed by atoms with Gasteiger partial charge in [0.25, 0.3) is 0 Å². The van der Waals surface area contributed by atoms with E-state index in [2.05, 4.69) is 46.4 Å². The molecule has 0 spiro atoms. The summed E-state index contributed by atoms with van der Waals surface area (Å²) in [5.74, 6) is 5.72. The molecular weight excluding hydrogens is 352 g/mol. The van der Waals surface area contributed by atoms with Crippen molar-refractivity contribution < 1.29 is 9.53 Å². The van der Waals surface area contributed by atoms with Gasteiger partial charge in [-0.1, -0.05) is 60.4 Å². The third-order valence-corrected chi connectivity index (χ3v) is 4.68. The molecule has 1 amide bonds. The number of hydrogen-bond donors (Lipinski definition) is 2. The molecular formula is C23H18N2O3. The predicted molar refractivity (Wildman–Crippen MR) is 107 cm³/mol. The molecule has 28 heavy (non-hydrogen) atoms. The molecule has 0 saturated carbocycles. The summed E-state index contributed by atoms with van der Waals surface area (Å²) >= 11 is 0. The summed E-state index contributed by atoms with van der Waals surface area (Å²) in [5.41, 5.74) is 5.23. The minimum absolute atomic E-state index is 0.0328. The van der Waals surface area contributed by atoms with Gasteiger partial charge in [-0.05, 0) is 28.3 Å². The van der Waals surface area contributed by atoms with Crippen LogP contribution in [0.3, 0.4) is 0 Å². The average Bonchev–Trinajstić information content (AvgIpc) is 3.05. The first kappa shape index (κ1) is 17.6. The van der Waals surface area contributed by atoms with Crippen molar-refractivity contribution in [2.75, 3.05) is 13.2 Å². The van der Waals surface area contributed by atoms with Gasteiger partial charge >= 0.3 is 6.09 Å². The SMILES string of the molecule is O=C(NCC#Cc1ccc(=O)[nH]c1)OCC1c2ccccc2-c2ccccc21. The molecule has 3 aromatic rings. The maximum absolute atomic E-state index is 12.0. The largest absolute Gasteiger partial charge is 0.449 e. The smallest absolute Gasteiger partial charge is 0.407 e. The first-order chi connectivity index (χ1) is 13.7. The van der Waals surface area contributed by atoms with Crippen LogP contribution >= 0.6 is 0 Å². The van der Waals surface area contributed by atoms with Crippen LogP contribution in [0.15, 0.2) is 71.7 Å². The number of fused-ring (bicyclic) bond motifs is 3. The number of carbonyl (C=O) groups excluding carboxylic acids is 1. The van der Waals surface area contributed by atoms with E-state index in [0.29, 0.717) is 5.56 Å². The molecule has 5 nitrogen and oxygen atoms in total. The van der Waals surface area contributed by atoms with Crippen LogP contribution in [0.1, 0.15) is 22.6 Å². The van der Waals surface area contributed by atoms with Crippen LogP contribution in [0.5, 0.6) is 0 Å². The number of carbonyl (C=O) groups is 1. The van der Waals surface area contributed by atoms with Crippen LogP contribution in [-0.4, -0.2) is 24.2 Å². The highest BCUT2D eigenvalue weighted by Gasteiger charge is 2.28. The van der Waals surface area contributed by atoms with Crippen LogP contribution in [0.4, 0.5) is 4.79 Å². The van der Waals surface area contributed by atoms with Crippen LogP contribution < -0.4 is 10.9 Å². The second-order valence-electron chi connectivity index (χ2n) is 6.42. The molecule has 4 rings (SSSR count). The number of amides is 1. The van der Waals surface area contributed by atoms with Gasteiger partial charge in [0.05, 0.1) is 6.54 Å². The molecule has 1 aliphatic carbocycles. The number of pyridine rings is 1. The fraction of sp³-hybridized carbons (Fsp3) is 0.130. The Morgan fingerprint density at radius 3 is 2.32 bits per heavy atom.